The van der Waals surface area contributed by atoms with Crippen LogP contribution in [0.2, 0.25) is 0 Å². The highest BCUT2D eigenvalue weighted by atomic mass is 32.2. The first kappa shape index (κ1) is 17.1. The average Bonchev–Trinajstić information content (AvgIpc) is 3.18. The van der Waals surface area contributed by atoms with Crippen LogP contribution in [0.5, 0.6) is 0 Å². The predicted molar refractivity (Wildman–Crippen MR) is 97.2 cm³/mol. The van der Waals surface area contributed by atoms with Gasteiger partial charge in [-0.1, -0.05) is 6.07 Å². The minimum absolute atomic E-state index is 0.0482. The Morgan fingerprint density at radius 3 is 2.88 bits per heavy atom. The Hall–Kier alpha value is -1.77. The lowest BCUT2D eigenvalue weighted by Gasteiger charge is -2.06. The Labute approximate surface area is 148 Å². The molecule has 0 atom stereocenters. The zero-order valence-electron chi connectivity index (χ0n) is 13.0. The second-order valence-electron chi connectivity index (χ2n) is 5.29. The van der Waals surface area contributed by atoms with Crippen LogP contribution in [0.25, 0.3) is 10.2 Å². The third kappa shape index (κ3) is 4.00. The van der Waals surface area contributed by atoms with E-state index in [-0.39, 0.29) is 23.0 Å². The lowest BCUT2D eigenvalue weighted by Crippen LogP contribution is -2.24. The predicted octanol–water partition coefficient (Wildman–Crippen LogP) is 3.15. The van der Waals surface area contributed by atoms with E-state index in [1.807, 2.05) is 24.4 Å². The normalized spacial score (nSPS) is 11.7. The van der Waals surface area contributed by atoms with Gasteiger partial charge in [0.2, 0.25) is 5.91 Å². The summed E-state index contributed by atoms with van der Waals surface area (Å²) in [7, 11) is -3.49. The molecule has 0 aliphatic heterocycles. The molecule has 0 aliphatic rings. The van der Waals surface area contributed by atoms with E-state index in [1.54, 1.807) is 29.5 Å². The van der Waals surface area contributed by atoms with E-state index in [9.17, 15) is 13.2 Å². The second kappa shape index (κ2) is 7.00. The summed E-state index contributed by atoms with van der Waals surface area (Å²) in [5, 5.41) is 5.57. The van der Waals surface area contributed by atoms with Crippen LogP contribution in [0, 0.1) is 6.92 Å². The van der Waals surface area contributed by atoms with Crippen molar-refractivity contribution in [2.75, 3.05) is 5.75 Å². The van der Waals surface area contributed by atoms with E-state index in [2.05, 4.69) is 10.3 Å². The molecular formula is C16H16N2O3S3. The molecule has 8 heteroatoms. The molecular weight excluding hydrogens is 364 g/mol. The summed E-state index contributed by atoms with van der Waals surface area (Å²) in [4.78, 5) is 17.5. The van der Waals surface area contributed by atoms with Gasteiger partial charge in [0.1, 0.15) is 0 Å². The van der Waals surface area contributed by atoms with E-state index in [4.69, 9.17) is 0 Å². The first-order valence-corrected chi connectivity index (χ1v) is 10.7. The number of benzene rings is 1. The summed E-state index contributed by atoms with van der Waals surface area (Å²) in [5.74, 6) is -0.464. The number of aryl methyl sites for hydroxylation is 1. The average molecular weight is 381 g/mol. The number of nitrogens with one attached hydrogen (secondary N) is 1. The van der Waals surface area contributed by atoms with E-state index in [0.29, 0.717) is 6.54 Å². The number of aromatic nitrogens is 1. The zero-order valence-corrected chi connectivity index (χ0v) is 15.4. The maximum atomic E-state index is 12.4. The number of rotatable bonds is 6. The monoisotopic (exact) mass is 380 g/mol. The lowest BCUT2D eigenvalue weighted by atomic mass is 10.3. The van der Waals surface area contributed by atoms with E-state index < -0.39 is 9.84 Å². The minimum atomic E-state index is -3.49. The molecule has 5 nitrogen and oxygen atoms in total. The zero-order chi connectivity index (χ0) is 17.2. The second-order valence-corrected chi connectivity index (χ2v) is 9.66. The topological polar surface area (TPSA) is 76.1 Å². The van der Waals surface area contributed by atoms with Gasteiger partial charge in [0.05, 0.1) is 32.4 Å². The highest BCUT2D eigenvalue weighted by Gasteiger charge is 2.17. The Balaban J connectivity index is 1.62. The van der Waals surface area contributed by atoms with Crippen LogP contribution in [0.15, 0.2) is 40.6 Å². The number of carbonyl (C=O) groups is 1. The number of thiazole rings is 1. The van der Waals surface area contributed by atoms with E-state index in [0.717, 1.165) is 20.1 Å². The molecule has 0 unspecified atom stereocenters. The van der Waals surface area contributed by atoms with Crippen LogP contribution in [-0.4, -0.2) is 25.1 Å². The Kier molecular flexibility index (Phi) is 4.98. The molecule has 0 bridgehead atoms. The number of nitrogens with zero attached hydrogens (tertiary/aromatic N) is 1. The van der Waals surface area contributed by atoms with Crippen LogP contribution in [0.1, 0.15) is 16.3 Å². The number of hydrogen-bond donors (Lipinski definition) is 1. The standard InChI is InChI=1S/C16H16N2O3S3/c1-11-18-14-5-4-13(9-15(14)23-11)24(20,21)8-6-16(19)17-10-12-3-2-7-22-12/h2-5,7,9H,6,8,10H2,1H3,(H,17,19). The van der Waals surface area contributed by atoms with Crippen LogP contribution in [0.4, 0.5) is 0 Å². The van der Waals surface area contributed by atoms with Crippen LogP contribution >= 0.6 is 22.7 Å². The van der Waals surface area contributed by atoms with Gasteiger partial charge < -0.3 is 5.32 Å². The molecule has 1 aromatic carbocycles. The molecule has 3 rings (SSSR count). The number of fused-ring (bicyclic) bond motifs is 1. The van der Waals surface area contributed by atoms with Gasteiger partial charge in [0.15, 0.2) is 9.84 Å². The van der Waals surface area contributed by atoms with Gasteiger partial charge in [0.25, 0.3) is 0 Å². The van der Waals surface area contributed by atoms with Crippen LogP contribution in [-0.2, 0) is 21.2 Å². The first-order chi connectivity index (χ1) is 11.4. The fourth-order valence-corrected chi connectivity index (χ4v) is 5.09. The molecule has 24 heavy (non-hydrogen) atoms. The molecule has 2 heterocycles. The fourth-order valence-electron chi connectivity index (χ4n) is 2.25. The minimum Gasteiger partial charge on any atom is -0.351 e. The summed E-state index contributed by atoms with van der Waals surface area (Å²) < 4.78 is 25.7. The molecule has 0 fully saturated rings. The molecule has 3 aromatic rings. The van der Waals surface area contributed by atoms with Gasteiger partial charge in [0, 0.05) is 11.3 Å². The number of amides is 1. The van der Waals surface area contributed by atoms with E-state index in [1.165, 1.54) is 11.3 Å². The van der Waals surface area contributed by atoms with Gasteiger partial charge >= 0.3 is 0 Å². The van der Waals surface area contributed by atoms with Gasteiger partial charge in [-0.25, -0.2) is 13.4 Å². The smallest absolute Gasteiger partial charge is 0.221 e. The van der Waals surface area contributed by atoms with Crippen molar-refractivity contribution in [3.05, 3.63) is 45.6 Å². The molecule has 1 amide bonds. The molecule has 0 spiro atoms. The summed E-state index contributed by atoms with van der Waals surface area (Å²) in [6, 6.07) is 8.74. The third-order valence-electron chi connectivity index (χ3n) is 3.46. The van der Waals surface area contributed by atoms with Crippen molar-refractivity contribution in [2.24, 2.45) is 0 Å². The van der Waals surface area contributed by atoms with Gasteiger partial charge in [-0.05, 0) is 36.6 Å². The molecule has 0 saturated carbocycles. The molecule has 0 saturated heterocycles. The maximum absolute atomic E-state index is 12.4. The van der Waals surface area contributed by atoms with Crippen molar-refractivity contribution < 1.29 is 13.2 Å². The Morgan fingerprint density at radius 1 is 1.29 bits per heavy atom. The molecule has 2 aromatic heterocycles. The van der Waals surface area contributed by atoms with Crippen molar-refractivity contribution in [3.8, 4) is 0 Å². The highest BCUT2D eigenvalue weighted by Crippen LogP contribution is 2.25. The molecule has 0 radical (unpaired) electrons. The largest absolute Gasteiger partial charge is 0.351 e. The Morgan fingerprint density at radius 2 is 2.12 bits per heavy atom. The van der Waals surface area contributed by atoms with E-state index >= 15 is 0 Å². The van der Waals surface area contributed by atoms with Crippen molar-refractivity contribution in [2.45, 2.75) is 24.8 Å². The van der Waals surface area contributed by atoms with Gasteiger partial charge in [-0.2, -0.15) is 0 Å². The maximum Gasteiger partial charge on any atom is 0.221 e. The summed E-state index contributed by atoms with van der Waals surface area (Å²) in [5.41, 5.74) is 0.796. The van der Waals surface area contributed by atoms with Crippen molar-refractivity contribution in [3.63, 3.8) is 0 Å². The molecule has 126 valence electrons. The Bertz CT molecular complexity index is 960. The van der Waals surface area contributed by atoms with Crippen LogP contribution < -0.4 is 5.32 Å². The van der Waals surface area contributed by atoms with Crippen molar-refractivity contribution in [1.29, 1.82) is 0 Å². The number of carbonyl (C=O) groups excluding carboxylic acids is 1. The first-order valence-electron chi connectivity index (χ1n) is 7.33. The quantitative estimate of drug-likeness (QED) is 0.713. The number of hydrogen-bond acceptors (Lipinski definition) is 6. The molecule has 1 N–H and O–H groups in total. The highest BCUT2D eigenvalue weighted by molar-refractivity contribution is 7.91. The van der Waals surface area contributed by atoms with Crippen molar-refractivity contribution >= 4 is 48.6 Å². The summed E-state index contributed by atoms with van der Waals surface area (Å²) in [6.07, 6.45) is -0.0482. The third-order valence-corrected chi connectivity index (χ3v) is 6.99. The van der Waals surface area contributed by atoms with Gasteiger partial charge in [-0.15, -0.1) is 22.7 Å². The fraction of sp³-hybridized carbons (Fsp3) is 0.250. The lowest BCUT2D eigenvalue weighted by molar-refractivity contribution is -0.120. The summed E-state index contributed by atoms with van der Waals surface area (Å²) >= 11 is 3.01. The SMILES string of the molecule is Cc1nc2ccc(S(=O)(=O)CCC(=O)NCc3cccs3)cc2s1. The van der Waals surface area contributed by atoms with Crippen molar-refractivity contribution in [1.82, 2.24) is 10.3 Å². The molecule has 0 aliphatic carbocycles. The number of thiophene rings is 1. The number of sulfone groups is 1. The van der Waals surface area contributed by atoms with Crippen LogP contribution in [0.3, 0.4) is 0 Å². The summed E-state index contributed by atoms with van der Waals surface area (Å²) in [6.45, 7) is 2.32. The van der Waals surface area contributed by atoms with Gasteiger partial charge in [-0.3, -0.25) is 4.79 Å².